The maximum Gasteiger partial charge on any atom is 0.338 e. The summed E-state index contributed by atoms with van der Waals surface area (Å²) >= 11 is 2.16. The average Bonchev–Trinajstić information content (AvgIpc) is 2.54. The van der Waals surface area contributed by atoms with E-state index < -0.39 is 18.5 Å². The van der Waals surface area contributed by atoms with Crippen molar-refractivity contribution in [3.8, 4) is 0 Å². The third-order valence-corrected chi connectivity index (χ3v) is 3.60. The molecule has 2 N–H and O–H groups in total. The predicted octanol–water partition coefficient (Wildman–Crippen LogP) is 3.05. The van der Waals surface area contributed by atoms with Gasteiger partial charge in [-0.2, -0.15) is 0 Å². The summed E-state index contributed by atoms with van der Waals surface area (Å²) in [5.41, 5.74) is 1.37. The van der Waals surface area contributed by atoms with E-state index in [1.165, 1.54) is 13.0 Å². The number of halogens is 1. The van der Waals surface area contributed by atoms with Gasteiger partial charge in [0.25, 0.3) is 5.91 Å². The van der Waals surface area contributed by atoms with Crippen LogP contribution in [-0.4, -0.2) is 24.4 Å². The highest BCUT2D eigenvalue weighted by Crippen LogP contribution is 2.13. The van der Waals surface area contributed by atoms with Gasteiger partial charge in [-0.25, -0.2) is 4.79 Å². The van der Waals surface area contributed by atoms with Crippen LogP contribution in [0.1, 0.15) is 17.3 Å². The zero-order valence-corrected chi connectivity index (χ0v) is 15.0. The molecule has 2 aromatic rings. The van der Waals surface area contributed by atoms with Gasteiger partial charge in [-0.1, -0.05) is 6.07 Å². The number of esters is 1. The number of benzene rings is 2. The Morgan fingerprint density at radius 2 is 1.71 bits per heavy atom. The van der Waals surface area contributed by atoms with E-state index in [0.717, 1.165) is 3.57 Å². The van der Waals surface area contributed by atoms with E-state index in [0.29, 0.717) is 11.4 Å². The van der Waals surface area contributed by atoms with Gasteiger partial charge in [-0.15, -0.1) is 0 Å². The number of hydrogen-bond donors (Lipinski definition) is 2. The monoisotopic (exact) mass is 438 g/mol. The summed E-state index contributed by atoms with van der Waals surface area (Å²) in [7, 11) is 0. The lowest BCUT2D eigenvalue weighted by molar-refractivity contribution is -0.119. The van der Waals surface area contributed by atoms with Crippen molar-refractivity contribution in [2.75, 3.05) is 17.2 Å². The molecule has 0 bridgehead atoms. The molecule has 0 aliphatic rings. The van der Waals surface area contributed by atoms with Crippen molar-refractivity contribution < 1.29 is 19.1 Å². The molecular formula is C17H15IN2O4. The van der Waals surface area contributed by atoms with Crippen molar-refractivity contribution >= 4 is 51.7 Å². The number of carbonyl (C=O) groups is 3. The van der Waals surface area contributed by atoms with Gasteiger partial charge in [0.2, 0.25) is 5.91 Å². The van der Waals surface area contributed by atoms with Crippen LogP contribution < -0.4 is 10.6 Å². The van der Waals surface area contributed by atoms with Crippen LogP contribution in [-0.2, 0) is 14.3 Å². The van der Waals surface area contributed by atoms with Crippen molar-refractivity contribution in [3.05, 3.63) is 57.7 Å². The number of rotatable bonds is 5. The lowest BCUT2D eigenvalue weighted by atomic mass is 10.2. The van der Waals surface area contributed by atoms with Gasteiger partial charge in [0, 0.05) is 21.9 Å². The zero-order chi connectivity index (χ0) is 17.5. The number of carbonyl (C=O) groups excluding carboxylic acids is 3. The molecule has 0 heterocycles. The van der Waals surface area contributed by atoms with E-state index >= 15 is 0 Å². The molecule has 0 radical (unpaired) electrons. The Morgan fingerprint density at radius 3 is 2.38 bits per heavy atom. The lowest BCUT2D eigenvalue weighted by Crippen LogP contribution is -2.21. The van der Waals surface area contributed by atoms with Crippen LogP contribution in [0.15, 0.2) is 48.5 Å². The van der Waals surface area contributed by atoms with Gasteiger partial charge in [0.15, 0.2) is 6.61 Å². The summed E-state index contributed by atoms with van der Waals surface area (Å²) < 4.78 is 6.03. The maximum atomic E-state index is 12.0. The fourth-order valence-corrected chi connectivity index (χ4v) is 2.23. The highest BCUT2D eigenvalue weighted by Gasteiger charge is 2.11. The Bertz CT molecular complexity index is 759. The van der Waals surface area contributed by atoms with Gasteiger partial charge in [0.05, 0.1) is 5.56 Å². The molecule has 0 fully saturated rings. The second-order valence-corrected chi connectivity index (χ2v) is 6.14. The summed E-state index contributed by atoms with van der Waals surface area (Å²) in [4.78, 5) is 34.8. The minimum absolute atomic E-state index is 0.239. The molecule has 0 saturated carbocycles. The molecule has 2 amide bonds. The van der Waals surface area contributed by atoms with Crippen molar-refractivity contribution in [1.82, 2.24) is 0 Å². The second-order valence-electron chi connectivity index (χ2n) is 4.89. The third kappa shape index (κ3) is 5.65. The Labute approximate surface area is 152 Å². The van der Waals surface area contributed by atoms with E-state index in [9.17, 15) is 14.4 Å². The molecule has 124 valence electrons. The highest BCUT2D eigenvalue weighted by atomic mass is 127. The van der Waals surface area contributed by atoms with Crippen LogP contribution in [0.25, 0.3) is 0 Å². The smallest absolute Gasteiger partial charge is 0.338 e. The molecule has 0 saturated heterocycles. The topological polar surface area (TPSA) is 84.5 Å². The van der Waals surface area contributed by atoms with Gasteiger partial charge >= 0.3 is 5.97 Å². The summed E-state index contributed by atoms with van der Waals surface area (Å²) in [6.07, 6.45) is 0. The number of anilines is 2. The molecule has 0 aromatic heterocycles. The number of amides is 2. The van der Waals surface area contributed by atoms with E-state index in [4.69, 9.17) is 4.74 Å². The molecule has 6 nitrogen and oxygen atoms in total. The molecule has 2 rings (SSSR count). The first kappa shape index (κ1) is 17.9. The van der Waals surface area contributed by atoms with Crippen LogP contribution in [0, 0.1) is 3.57 Å². The van der Waals surface area contributed by atoms with E-state index in [1.807, 2.05) is 12.1 Å². The minimum Gasteiger partial charge on any atom is -0.452 e. The van der Waals surface area contributed by atoms with E-state index in [2.05, 4.69) is 33.2 Å². The lowest BCUT2D eigenvalue weighted by Gasteiger charge is -2.08. The highest BCUT2D eigenvalue weighted by molar-refractivity contribution is 14.1. The standard InChI is InChI=1S/C17H15IN2O4/c1-11(21)19-15-4-2-3-12(9-15)17(23)24-10-16(22)20-14-7-5-13(18)6-8-14/h2-9H,10H2,1H3,(H,19,21)(H,20,22). The normalized spacial score (nSPS) is 9.92. The molecule has 0 aliphatic heterocycles. The van der Waals surface area contributed by atoms with Gasteiger partial charge in [0.1, 0.15) is 0 Å². The first-order valence-electron chi connectivity index (χ1n) is 7.04. The van der Waals surface area contributed by atoms with Crippen molar-refractivity contribution in [1.29, 1.82) is 0 Å². The quantitative estimate of drug-likeness (QED) is 0.556. The Kier molecular flexibility index (Phi) is 6.30. The molecule has 0 spiro atoms. The Hall–Kier alpha value is -2.42. The van der Waals surface area contributed by atoms with Gasteiger partial charge in [-0.05, 0) is 65.1 Å². The second kappa shape index (κ2) is 8.44. The van der Waals surface area contributed by atoms with Crippen molar-refractivity contribution in [2.24, 2.45) is 0 Å². The van der Waals surface area contributed by atoms with Crippen molar-refractivity contribution in [2.45, 2.75) is 6.92 Å². The summed E-state index contributed by atoms with van der Waals surface area (Å²) in [5.74, 6) is -1.31. The molecule has 24 heavy (non-hydrogen) atoms. The molecular weight excluding hydrogens is 423 g/mol. The van der Waals surface area contributed by atoms with Crippen LogP contribution >= 0.6 is 22.6 Å². The van der Waals surface area contributed by atoms with Crippen LogP contribution in [0.3, 0.4) is 0 Å². The van der Waals surface area contributed by atoms with Gasteiger partial charge in [-0.3, -0.25) is 9.59 Å². The van der Waals surface area contributed by atoms with Crippen LogP contribution in [0.4, 0.5) is 11.4 Å². The Balaban J connectivity index is 1.89. The molecule has 7 heteroatoms. The van der Waals surface area contributed by atoms with E-state index in [1.54, 1.807) is 30.3 Å². The maximum absolute atomic E-state index is 12.0. The molecule has 0 aliphatic carbocycles. The summed E-state index contributed by atoms with van der Waals surface area (Å²) in [5, 5.41) is 5.21. The average molecular weight is 438 g/mol. The number of nitrogens with one attached hydrogen (secondary N) is 2. The molecule has 0 atom stereocenters. The summed E-state index contributed by atoms with van der Waals surface area (Å²) in [6, 6.07) is 13.5. The molecule has 2 aromatic carbocycles. The fourth-order valence-electron chi connectivity index (χ4n) is 1.87. The van der Waals surface area contributed by atoms with E-state index in [-0.39, 0.29) is 11.5 Å². The zero-order valence-electron chi connectivity index (χ0n) is 12.8. The molecule has 0 unspecified atom stereocenters. The number of hydrogen-bond acceptors (Lipinski definition) is 4. The Morgan fingerprint density at radius 1 is 1.00 bits per heavy atom. The van der Waals surface area contributed by atoms with Crippen molar-refractivity contribution in [3.63, 3.8) is 0 Å². The largest absolute Gasteiger partial charge is 0.452 e. The SMILES string of the molecule is CC(=O)Nc1cccc(C(=O)OCC(=O)Nc2ccc(I)cc2)c1. The fraction of sp³-hybridized carbons (Fsp3) is 0.118. The predicted molar refractivity (Wildman–Crippen MR) is 98.8 cm³/mol. The minimum atomic E-state index is -0.639. The number of ether oxygens (including phenoxy) is 1. The van der Waals surface area contributed by atoms with Crippen LogP contribution in [0.2, 0.25) is 0 Å². The first-order valence-corrected chi connectivity index (χ1v) is 8.12. The first-order chi connectivity index (χ1) is 11.4. The third-order valence-electron chi connectivity index (χ3n) is 2.88. The van der Waals surface area contributed by atoms with Gasteiger partial charge < -0.3 is 15.4 Å². The van der Waals surface area contributed by atoms with Crippen LogP contribution in [0.5, 0.6) is 0 Å². The summed E-state index contributed by atoms with van der Waals surface area (Å²) in [6.45, 7) is 0.981.